The molecule has 0 saturated carbocycles. The Bertz CT molecular complexity index is 549. The summed E-state index contributed by atoms with van der Waals surface area (Å²) in [7, 11) is 0. The molecule has 1 aliphatic rings. The van der Waals surface area contributed by atoms with Gasteiger partial charge in [0.2, 0.25) is 0 Å². The van der Waals surface area contributed by atoms with E-state index in [1.54, 1.807) is 12.7 Å². The predicted octanol–water partition coefficient (Wildman–Crippen LogP) is 1.50. The van der Waals surface area contributed by atoms with Gasteiger partial charge in [-0.25, -0.2) is 15.0 Å². The van der Waals surface area contributed by atoms with E-state index in [1.165, 1.54) is 19.5 Å². The lowest BCUT2D eigenvalue weighted by atomic mass is 10.1. The van der Waals surface area contributed by atoms with Crippen molar-refractivity contribution >= 4 is 17.0 Å². The second-order valence-corrected chi connectivity index (χ2v) is 5.45. The zero-order valence-corrected chi connectivity index (χ0v) is 11.4. The monoisotopic (exact) mass is 260 g/mol. The molecule has 3 heterocycles. The Morgan fingerprint density at radius 1 is 1.42 bits per heavy atom. The molecule has 0 aliphatic carbocycles. The minimum absolute atomic E-state index is 0.642. The van der Waals surface area contributed by atoms with E-state index in [4.69, 9.17) is 0 Å². The molecule has 102 valence electrons. The molecule has 1 aliphatic heterocycles. The van der Waals surface area contributed by atoms with Gasteiger partial charge in [0, 0.05) is 19.1 Å². The molecular formula is C13H20N6. The molecule has 2 aromatic heterocycles. The SMILES string of the molecule is CC(C)N1CCC(CNc2ncnc3nc[nH]c23)C1. The van der Waals surface area contributed by atoms with Crippen LogP contribution in [0.4, 0.5) is 5.82 Å². The first kappa shape index (κ1) is 12.3. The van der Waals surface area contributed by atoms with Crippen molar-refractivity contribution in [3.63, 3.8) is 0 Å². The summed E-state index contributed by atoms with van der Waals surface area (Å²) in [6.07, 6.45) is 4.46. The number of aromatic amines is 1. The number of likely N-dealkylation sites (tertiary alicyclic amines) is 1. The second kappa shape index (κ2) is 5.13. The summed E-state index contributed by atoms with van der Waals surface area (Å²) in [6.45, 7) is 7.84. The van der Waals surface area contributed by atoms with Gasteiger partial charge in [-0.05, 0) is 32.7 Å². The highest BCUT2D eigenvalue weighted by atomic mass is 15.2. The van der Waals surface area contributed by atoms with Gasteiger partial charge in [-0.3, -0.25) is 0 Å². The van der Waals surface area contributed by atoms with E-state index in [9.17, 15) is 0 Å². The maximum absolute atomic E-state index is 4.29. The largest absolute Gasteiger partial charge is 0.368 e. The van der Waals surface area contributed by atoms with Crippen LogP contribution in [0.2, 0.25) is 0 Å². The summed E-state index contributed by atoms with van der Waals surface area (Å²) in [6, 6.07) is 0.642. The maximum Gasteiger partial charge on any atom is 0.182 e. The topological polar surface area (TPSA) is 69.7 Å². The smallest absolute Gasteiger partial charge is 0.182 e. The molecule has 1 unspecified atom stereocenters. The summed E-state index contributed by atoms with van der Waals surface area (Å²) >= 11 is 0. The molecule has 19 heavy (non-hydrogen) atoms. The molecule has 1 fully saturated rings. The first-order valence-electron chi connectivity index (χ1n) is 6.86. The Morgan fingerprint density at radius 2 is 2.32 bits per heavy atom. The highest BCUT2D eigenvalue weighted by Crippen LogP contribution is 2.20. The molecule has 1 atom stereocenters. The van der Waals surface area contributed by atoms with Crippen molar-refractivity contribution in [2.45, 2.75) is 26.3 Å². The Kier molecular flexibility index (Phi) is 3.33. The number of rotatable bonds is 4. The fraction of sp³-hybridized carbons (Fsp3) is 0.615. The van der Waals surface area contributed by atoms with Gasteiger partial charge < -0.3 is 15.2 Å². The number of anilines is 1. The molecule has 2 aromatic rings. The van der Waals surface area contributed by atoms with Gasteiger partial charge in [-0.15, -0.1) is 0 Å². The lowest BCUT2D eigenvalue weighted by molar-refractivity contribution is 0.266. The van der Waals surface area contributed by atoms with Crippen molar-refractivity contribution in [2.75, 3.05) is 25.0 Å². The molecule has 6 heteroatoms. The molecule has 2 N–H and O–H groups in total. The van der Waals surface area contributed by atoms with Crippen LogP contribution in [-0.2, 0) is 0 Å². The van der Waals surface area contributed by atoms with Crippen molar-refractivity contribution in [3.8, 4) is 0 Å². The second-order valence-electron chi connectivity index (χ2n) is 5.45. The number of hydrogen-bond donors (Lipinski definition) is 2. The molecule has 1 saturated heterocycles. The van der Waals surface area contributed by atoms with E-state index < -0.39 is 0 Å². The Labute approximate surface area is 112 Å². The fourth-order valence-corrected chi connectivity index (χ4v) is 2.64. The zero-order valence-electron chi connectivity index (χ0n) is 11.4. The van der Waals surface area contributed by atoms with E-state index in [-0.39, 0.29) is 0 Å². The van der Waals surface area contributed by atoms with Crippen LogP contribution in [0.15, 0.2) is 12.7 Å². The van der Waals surface area contributed by atoms with Crippen LogP contribution in [0, 0.1) is 5.92 Å². The zero-order chi connectivity index (χ0) is 13.2. The van der Waals surface area contributed by atoms with Crippen molar-refractivity contribution in [3.05, 3.63) is 12.7 Å². The highest BCUT2D eigenvalue weighted by Gasteiger charge is 2.24. The van der Waals surface area contributed by atoms with Gasteiger partial charge in [0.05, 0.1) is 6.33 Å². The first-order valence-corrected chi connectivity index (χ1v) is 6.86. The Hall–Kier alpha value is -1.69. The van der Waals surface area contributed by atoms with Gasteiger partial charge >= 0.3 is 0 Å². The maximum atomic E-state index is 4.29. The lowest BCUT2D eigenvalue weighted by Gasteiger charge is -2.20. The minimum Gasteiger partial charge on any atom is -0.368 e. The standard InChI is InChI=1S/C13H20N6/c1-9(2)19-4-3-10(6-19)5-14-12-11-13(16-7-15-11)18-8-17-12/h7-10H,3-6H2,1-2H3,(H2,14,15,16,17,18). The third-order valence-electron chi connectivity index (χ3n) is 3.83. The fourth-order valence-electron chi connectivity index (χ4n) is 2.64. The molecule has 0 bridgehead atoms. The third-order valence-corrected chi connectivity index (χ3v) is 3.83. The Morgan fingerprint density at radius 3 is 3.11 bits per heavy atom. The summed E-state index contributed by atoms with van der Waals surface area (Å²) in [5, 5.41) is 3.43. The highest BCUT2D eigenvalue weighted by molar-refractivity contribution is 5.81. The van der Waals surface area contributed by atoms with Crippen LogP contribution < -0.4 is 5.32 Å². The Balaban J connectivity index is 1.62. The average Bonchev–Trinajstić information content (AvgIpc) is 3.05. The minimum atomic E-state index is 0.642. The molecule has 0 aromatic carbocycles. The van der Waals surface area contributed by atoms with E-state index in [0.29, 0.717) is 17.6 Å². The van der Waals surface area contributed by atoms with Gasteiger partial charge in [0.25, 0.3) is 0 Å². The average molecular weight is 260 g/mol. The number of nitrogens with zero attached hydrogens (tertiary/aromatic N) is 4. The quantitative estimate of drug-likeness (QED) is 0.871. The number of aromatic nitrogens is 4. The molecule has 0 amide bonds. The van der Waals surface area contributed by atoms with Crippen LogP contribution in [-0.4, -0.2) is 50.5 Å². The van der Waals surface area contributed by atoms with Gasteiger partial charge in [-0.1, -0.05) is 0 Å². The van der Waals surface area contributed by atoms with E-state index in [0.717, 1.165) is 17.9 Å². The van der Waals surface area contributed by atoms with Crippen LogP contribution >= 0.6 is 0 Å². The number of nitrogens with one attached hydrogen (secondary N) is 2. The first-order chi connectivity index (χ1) is 9.24. The number of fused-ring (bicyclic) bond motifs is 1. The van der Waals surface area contributed by atoms with Crippen LogP contribution in [0.5, 0.6) is 0 Å². The predicted molar refractivity (Wildman–Crippen MR) is 75.0 cm³/mol. The molecule has 0 spiro atoms. The lowest BCUT2D eigenvalue weighted by Crippen LogP contribution is -2.29. The van der Waals surface area contributed by atoms with Crippen molar-refractivity contribution in [1.29, 1.82) is 0 Å². The number of imidazole rings is 1. The summed E-state index contributed by atoms with van der Waals surface area (Å²) in [5.41, 5.74) is 1.61. The molecule has 6 nitrogen and oxygen atoms in total. The normalized spacial score (nSPS) is 20.5. The van der Waals surface area contributed by atoms with Crippen LogP contribution in [0.25, 0.3) is 11.2 Å². The van der Waals surface area contributed by atoms with E-state index in [2.05, 4.69) is 44.0 Å². The van der Waals surface area contributed by atoms with Gasteiger partial charge in [-0.2, -0.15) is 0 Å². The van der Waals surface area contributed by atoms with Gasteiger partial charge in [0.15, 0.2) is 11.5 Å². The number of H-pyrrole nitrogens is 1. The molecule has 0 radical (unpaired) electrons. The number of hydrogen-bond acceptors (Lipinski definition) is 5. The summed E-state index contributed by atoms with van der Waals surface area (Å²) in [5.74, 6) is 1.54. The van der Waals surface area contributed by atoms with E-state index >= 15 is 0 Å². The molecular weight excluding hydrogens is 240 g/mol. The summed E-state index contributed by atoms with van der Waals surface area (Å²) < 4.78 is 0. The molecule has 3 rings (SSSR count). The summed E-state index contributed by atoms with van der Waals surface area (Å²) in [4.78, 5) is 18.1. The van der Waals surface area contributed by atoms with Crippen LogP contribution in [0.3, 0.4) is 0 Å². The van der Waals surface area contributed by atoms with Crippen molar-refractivity contribution in [1.82, 2.24) is 24.8 Å². The van der Waals surface area contributed by atoms with Crippen molar-refractivity contribution < 1.29 is 0 Å². The van der Waals surface area contributed by atoms with Crippen molar-refractivity contribution in [2.24, 2.45) is 5.92 Å². The van der Waals surface area contributed by atoms with Crippen LogP contribution in [0.1, 0.15) is 20.3 Å². The van der Waals surface area contributed by atoms with E-state index in [1.807, 2.05) is 0 Å². The third kappa shape index (κ3) is 2.53. The van der Waals surface area contributed by atoms with Gasteiger partial charge in [0.1, 0.15) is 11.8 Å².